The number of amides is 1. The van der Waals surface area contributed by atoms with Gasteiger partial charge in [-0.15, -0.1) is 0 Å². The summed E-state index contributed by atoms with van der Waals surface area (Å²) in [6.07, 6.45) is 3.22. The Morgan fingerprint density at radius 1 is 1.00 bits per heavy atom. The van der Waals surface area contributed by atoms with E-state index in [9.17, 15) is 13.2 Å². The van der Waals surface area contributed by atoms with E-state index in [0.717, 1.165) is 24.0 Å². The number of aryl methyl sites for hydroxylation is 1. The minimum absolute atomic E-state index is 0.143. The summed E-state index contributed by atoms with van der Waals surface area (Å²) in [5, 5.41) is 3.66. The van der Waals surface area contributed by atoms with Crippen molar-refractivity contribution in [3.8, 4) is 0 Å². The van der Waals surface area contributed by atoms with Crippen molar-refractivity contribution in [1.29, 1.82) is 0 Å². The molecule has 0 spiro atoms. The zero-order chi connectivity index (χ0) is 22.0. The van der Waals surface area contributed by atoms with Gasteiger partial charge in [0.15, 0.2) is 0 Å². The Hall–Kier alpha value is -2.61. The van der Waals surface area contributed by atoms with E-state index in [2.05, 4.69) is 5.32 Å². The maximum atomic E-state index is 13.2. The molecule has 1 fully saturated rings. The fourth-order valence-electron chi connectivity index (χ4n) is 3.84. The quantitative estimate of drug-likeness (QED) is 0.608. The number of aromatic nitrogens is 1. The minimum Gasteiger partial charge on any atom is -0.345 e. The van der Waals surface area contributed by atoms with E-state index in [4.69, 9.17) is 11.6 Å². The lowest BCUT2D eigenvalue weighted by Crippen LogP contribution is -2.30. The molecule has 8 heteroatoms. The second-order valence-electron chi connectivity index (χ2n) is 7.65. The number of hydrogen-bond donors (Lipinski definition) is 1. The fourth-order valence-corrected chi connectivity index (χ4v) is 5.56. The van der Waals surface area contributed by atoms with E-state index < -0.39 is 16.1 Å². The van der Waals surface area contributed by atoms with Crippen LogP contribution in [0.25, 0.3) is 0 Å². The van der Waals surface area contributed by atoms with Crippen LogP contribution in [0.4, 0.5) is 0 Å². The number of hydrogen-bond acceptors (Lipinski definition) is 3. The fraction of sp³-hybridized carbons (Fsp3) is 0.261. The lowest BCUT2D eigenvalue weighted by molar-refractivity contribution is 0.0934. The molecule has 4 rings (SSSR count). The third-order valence-corrected chi connectivity index (χ3v) is 7.64. The molecule has 1 amide bonds. The summed E-state index contributed by atoms with van der Waals surface area (Å²) in [5.41, 5.74) is 2.08. The largest absolute Gasteiger partial charge is 0.345 e. The van der Waals surface area contributed by atoms with Gasteiger partial charge in [0.1, 0.15) is 10.6 Å². The number of nitrogens with one attached hydrogen (secondary N) is 1. The normalized spacial score (nSPS) is 15.7. The van der Waals surface area contributed by atoms with Gasteiger partial charge in [0.25, 0.3) is 5.91 Å². The smallest absolute Gasteiger partial charge is 0.268 e. The number of halogens is 1. The van der Waals surface area contributed by atoms with Gasteiger partial charge in [-0.3, -0.25) is 4.79 Å². The molecule has 2 heterocycles. The highest BCUT2D eigenvalue weighted by Gasteiger charge is 2.30. The molecule has 1 aromatic heterocycles. The molecule has 0 unspecified atom stereocenters. The second-order valence-corrected chi connectivity index (χ2v) is 10.0. The minimum atomic E-state index is -3.59. The highest BCUT2D eigenvalue weighted by Crippen LogP contribution is 2.26. The van der Waals surface area contributed by atoms with Crippen molar-refractivity contribution in [1.82, 2.24) is 14.2 Å². The summed E-state index contributed by atoms with van der Waals surface area (Å²) >= 11 is 6.03. The third kappa shape index (κ3) is 4.54. The van der Waals surface area contributed by atoms with E-state index in [1.54, 1.807) is 23.7 Å². The van der Waals surface area contributed by atoms with E-state index >= 15 is 0 Å². The van der Waals surface area contributed by atoms with Gasteiger partial charge in [-0.1, -0.05) is 54.1 Å². The zero-order valence-corrected chi connectivity index (χ0v) is 18.7. The Morgan fingerprint density at radius 2 is 1.61 bits per heavy atom. The van der Waals surface area contributed by atoms with E-state index in [0.29, 0.717) is 18.1 Å². The van der Waals surface area contributed by atoms with Gasteiger partial charge in [0.2, 0.25) is 10.0 Å². The van der Waals surface area contributed by atoms with Crippen LogP contribution in [-0.2, 0) is 17.1 Å². The molecule has 0 bridgehead atoms. The third-order valence-electron chi connectivity index (χ3n) is 5.53. The van der Waals surface area contributed by atoms with Crippen molar-refractivity contribution in [2.45, 2.75) is 23.8 Å². The maximum absolute atomic E-state index is 13.2. The van der Waals surface area contributed by atoms with Crippen LogP contribution in [0, 0.1) is 0 Å². The van der Waals surface area contributed by atoms with Gasteiger partial charge >= 0.3 is 0 Å². The van der Waals surface area contributed by atoms with Crippen LogP contribution < -0.4 is 5.32 Å². The molecule has 0 aliphatic carbocycles. The molecule has 3 aromatic rings. The summed E-state index contributed by atoms with van der Waals surface area (Å²) in [6.45, 7) is 1.04. The number of rotatable bonds is 6. The van der Waals surface area contributed by atoms with Crippen molar-refractivity contribution in [3.63, 3.8) is 0 Å². The van der Waals surface area contributed by atoms with Crippen molar-refractivity contribution >= 4 is 27.5 Å². The van der Waals surface area contributed by atoms with Crippen LogP contribution in [-0.4, -0.2) is 36.3 Å². The van der Waals surface area contributed by atoms with Crippen molar-refractivity contribution in [2.75, 3.05) is 13.1 Å². The highest BCUT2D eigenvalue weighted by molar-refractivity contribution is 7.89. The summed E-state index contributed by atoms with van der Waals surface area (Å²) in [4.78, 5) is 13.3. The Balaban J connectivity index is 1.63. The van der Waals surface area contributed by atoms with Crippen LogP contribution >= 0.6 is 11.6 Å². The first kappa shape index (κ1) is 21.6. The van der Waals surface area contributed by atoms with Gasteiger partial charge in [-0.05, 0) is 42.2 Å². The molecule has 0 saturated carbocycles. The first-order valence-corrected chi connectivity index (χ1v) is 12.0. The molecular weight excluding hydrogens is 434 g/mol. The van der Waals surface area contributed by atoms with Crippen LogP contribution in [0.5, 0.6) is 0 Å². The summed E-state index contributed by atoms with van der Waals surface area (Å²) in [6, 6.07) is 18.0. The average Bonchev–Trinajstić information content (AvgIpc) is 3.44. The standard InChI is InChI=1S/C23H24ClN3O3S/c1-26-16-20(31(29,30)27-13-5-6-14-27)15-21(26)23(28)25-22(17-7-3-2-4-8-17)18-9-11-19(24)12-10-18/h2-4,7-12,15-16,22H,5-6,13-14H2,1H3,(H,25,28)/t22-/m0/s1. The maximum Gasteiger partial charge on any atom is 0.268 e. The first-order chi connectivity index (χ1) is 14.9. The Bertz CT molecular complexity index is 1170. The average molecular weight is 458 g/mol. The van der Waals surface area contributed by atoms with Gasteiger partial charge in [-0.25, -0.2) is 8.42 Å². The van der Waals surface area contributed by atoms with Crippen molar-refractivity contribution < 1.29 is 13.2 Å². The monoisotopic (exact) mass is 457 g/mol. The molecule has 31 heavy (non-hydrogen) atoms. The second kappa shape index (κ2) is 8.86. The van der Waals surface area contributed by atoms with Crippen LogP contribution in [0.1, 0.15) is 40.5 Å². The molecule has 1 saturated heterocycles. The number of carbonyl (C=O) groups is 1. The highest BCUT2D eigenvalue weighted by atomic mass is 35.5. The van der Waals surface area contributed by atoms with Gasteiger partial charge in [-0.2, -0.15) is 4.31 Å². The SMILES string of the molecule is Cn1cc(S(=O)(=O)N2CCCC2)cc1C(=O)N[C@@H](c1ccccc1)c1ccc(Cl)cc1. The lowest BCUT2D eigenvalue weighted by Gasteiger charge is -2.20. The predicted octanol–water partition coefficient (Wildman–Crippen LogP) is 3.98. The van der Waals surface area contributed by atoms with Crippen LogP contribution in [0.2, 0.25) is 5.02 Å². The van der Waals surface area contributed by atoms with Crippen LogP contribution in [0.15, 0.2) is 71.8 Å². The topological polar surface area (TPSA) is 71.4 Å². The number of carbonyl (C=O) groups excluding carboxylic acids is 1. The van der Waals surface area contributed by atoms with Gasteiger partial charge in [0, 0.05) is 31.4 Å². The lowest BCUT2D eigenvalue weighted by atomic mass is 9.98. The molecule has 6 nitrogen and oxygen atoms in total. The number of nitrogens with zero attached hydrogens (tertiary/aromatic N) is 2. The zero-order valence-electron chi connectivity index (χ0n) is 17.2. The molecule has 0 radical (unpaired) electrons. The molecule has 2 aromatic carbocycles. The molecule has 1 atom stereocenters. The first-order valence-electron chi connectivity index (χ1n) is 10.1. The van der Waals surface area contributed by atoms with Crippen molar-refractivity contribution in [3.05, 3.63) is 88.7 Å². The molecule has 1 aliphatic rings. The predicted molar refractivity (Wildman–Crippen MR) is 121 cm³/mol. The molecule has 1 aliphatic heterocycles. The van der Waals surface area contributed by atoms with E-state index in [-0.39, 0.29) is 16.5 Å². The molecule has 1 N–H and O–H groups in total. The Kier molecular flexibility index (Phi) is 6.18. The van der Waals surface area contributed by atoms with Crippen molar-refractivity contribution in [2.24, 2.45) is 7.05 Å². The van der Waals surface area contributed by atoms with Gasteiger partial charge < -0.3 is 9.88 Å². The van der Waals surface area contributed by atoms with E-state index in [1.165, 1.54) is 16.6 Å². The summed E-state index contributed by atoms with van der Waals surface area (Å²) in [5.74, 6) is -0.353. The molecular formula is C23H24ClN3O3S. The number of benzene rings is 2. The number of sulfonamides is 1. The molecule has 162 valence electrons. The Morgan fingerprint density at radius 3 is 2.26 bits per heavy atom. The summed E-state index contributed by atoms with van der Waals surface area (Å²) in [7, 11) is -1.92. The summed E-state index contributed by atoms with van der Waals surface area (Å²) < 4.78 is 28.8. The van der Waals surface area contributed by atoms with Gasteiger partial charge in [0.05, 0.1) is 6.04 Å². The van der Waals surface area contributed by atoms with Crippen LogP contribution in [0.3, 0.4) is 0 Å². The van der Waals surface area contributed by atoms with E-state index in [1.807, 2.05) is 42.5 Å². The Labute approximate surface area is 187 Å².